The summed E-state index contributed by atoms with van der Waals surface area (Å²) in [6, 6.07) is 3.62. The number of anilines is 1. The predicted molar refractivity (Wildman–Crippen MR) is 71.6 cm³/mol. The molecule has 0 aromatic heterocycles. The molecule has 0 aliphatic heterocycles. The first-order valence-electron chi connectivity index (χ1n) is 6.13. The van der Waals surface area contributed by atoms with Crippen LogP contribution in [-0.4, -0.2) is 21.5 Å². The normalized spacial score (nSPS) is 17.2. The van der Waals surface area contributed by atoms with E-state index < -0.39 is 15.8 Å². The number of nitrogens with one attached hydrogen (secondary N) is 1. The molecule has 19 heavy (non-hydrogen) atoms. The highest BCUT2D eigenvalue weighted by Gasteiger charge is 2.41. The van der Waals surface area contributed by atoms with Crippen LogP contribution < -0.4 is 16.2 Å². The smallest absolute Gasteiger partial charge is 0.238 e. The molecule has 0 unspecified atom stereocenters. The van der Waals surface area contributed by atoms with Gasteiger partial charge in [0.25, 0.3) is 0 Å². The Hall–Kier alpha value is -1.18. The Labute approximate surface area is 112 Å². The second kappa shape index (κ2) is 5.07. The molecule has 2 rings (SSSR count). The number of nitrogens with two attached hydrogens (primary N) is 2. The molecule has 1 saturated carbocycles. The third-order valence-corrected chi connectivity index (χ3v) is 4.47. The average molecular weight is 287 g/mol. The van der Waals surface area contributed by atoms with Gasteiger partial charge in [-0.05, 0) is 49.4 Å². The maximum atomic E-state index is 13.8. The number of primary sulfonamides is 1. The number of rotatable bonds is 6. The van der Waals surface area contributed by atoms with Gasteiger partial charge in [-0.3, -0.25) is 0 Å². The highest BCUT2D eigenvalue weighted by molar-refractivity contribution is 7.89. The van der Waals surface area contributed by atoms with Crippen molar-refractivity contribution in [2.24, 2.45) is 16.3 Å². The van der Waals surface area contributed by atoms with E-state index in [4.69, 9.17) is 10.9 Å². The molecule has 0 bridgehead atoms. The lowest BCUT2D eigenvalue weighted by Crippen LogP contribution is -2.20. The van der Waals surface area contributed by atoms with Crippen LogP contribution in [0.1, 0.15) is 19.3 Å². The molecule has 5 N–H and O–H groups in total. The molecule has 7 heteroatoms. The van der Waals surface area contributed by atoms with Crippen molar-refractivity contribution in [2.75, 3.05) is 18.4 Å². The number of hydrogen-bond donors (Lipinski definition) is 3. The van der Waals surface area contributed by atoms with E-state index in [1.54, 1.807) is 0 Å². The van der Waals surface area contributed by atoms with Gasteiger partial charge in [-0.15, -0.1) is 0 Å². The zero-order valence-corrected chi connectivity index (χ0v) is 11.3. The minimum Gasteiger partial charge on any atom is -0.382 e. The molecule has 1 aliphatic rings. The minimum absolute atomic E-state index is 0.180. The van der Waals surface area contributed by atoms with Crippen molar-refractivity contribution < 1.29 is 12.8 Å². The summed E-state index contributed by atoms with van der Waals surface area (Å²) in [6.45, 7) is 1.27. The Morgan fingerprint density at radius 2 is 2.05 bits per heavy atom. The molecule has 0 amide bonds. The molecule has 0 saturated heterocycles. The van der Waals surface area contributed by atoms with Crippen LogP contribution in [0.25, 0.3) is 0 Å². The number of sulfonamides is 1. The topological polar surface area (TPSA) is 98.2 Å². The molecule has 1 fully saturated rings. The SMILES string of the molecule is NCCC1(CNc2ccc(S(N)(=O)=O)cc2F)CC1. The molecule has 0 atom stereocenters. The van der Waals surface area contributed by atoms with Crippen molar-refractivity contribution in [1.82, 2.24) is 0 Å². The summed E-state index contributed by atoms with van der Waals surface area (Å²) in [4.78, 5) is -0.223. The molecule has 106 valence electrons. The highest BCUT2D eigenvalue weighted by Crippen LogP contribution is 2.48. The van der Waals surface area contributed by atoms with Crippen LogP contribution in [0.4, 0.5) is 10.1 Å². The van der Waals surface area contributed by atoms with Gasteiger partial charge in [0.15, 0.2) is 0 Å². The van der Waals surface area contributed by atoms with Crippen LogP contribution in [0.15, 0.2) is 23.1 Å². The molecule has 0 heterocycles. The summed E-state index contributed by atoms with van der Waals surface area (Å²) < 4.78 is 35.9. The fourth-order valence-electron chi connectivity index (χ4n) is 2.10. The molecule has 1 aliphatic carbocycles. The lowest BCUT2D eigenvalue weighted by atomic mass is 10.0. The van der Waals surface area contributed by atoms with Crippen molar-refractivity contribution >= 4 is 15.7 Å². The van der Waals surface area contributed by atoms with Gasteiger partial charge in [-0.1, -0.05) is 0 Å². The van der Waals surface area contributed by atoms with E-state index in [0.29, 0.717) is 13.1 Å². The summed E-state index contributed by atoms with van der Waals surface area (Å²) in [5.41, 5.74) is 6.01. The molecule has 0 radical (unpaired) electrons. The van der Waals surface area contributed by atoms with Crippen LogP contribution in [-0.2, 0) is 10.0 Å². The molecular weight excluding hydrogens is 269 g/mol. The third-order valence-electron chi connectivity index (χ3n) is 3.55. The standard InChI is InChI=1S/C12H18FN3O2S/c13-10-7-9(19(15,17)18)1-2-11(10)16-8-12(3-4-12)5-6-14/h1-2,7,16H,3-6,8,14H2,(H2,15,17,18). The highest BCUT2D eigenvalue weighted by atomic mass is 32.2. The van der Waals surface area contributed by atoms with Crippen LogP contribution in [0.2, 0.25) is 0 Å². The zero-order chi connectivity index (χ0) is 14.1. The van der Waals surface area contributed by atoms with Crippen molar-refractivity contribution in [2.45, 2.75) is 24.2 Å². The van der Waals surface area contributed by atoms with E-state index >= 15 is 0 Å². The third kappa shape index (κ3) is 3.43. The van der Waals surface area contributed by atoms with E-state index in [1.165, 1.54) is 12.1 Å². The lowest BCUT2D eigenvalue weighted by molar-refractivity contribution is 0.499. The molecule has 0 spiro atoms. The van der Waals surface area contributed by atoms with Gasteiger partial charge >= 0.3 is 0 Å². The van der Waals surface area contributed by atoms with Gasteiger partial charge in [0.05, 0.1) is 10.6 Å². The van der Waals surface area contributed by atoms with Gasteiger partial charge in [-0.25, -0.2) is 17.9 Å². The van der Waals surface area contributed by atoms with Gasteiger partial charge in [-0.2, -0.15) is 0 Å². The predicted octanol–water partition coefficient (Wildman–Crippen LogP) is 1.01. The second-order valence-corrected chi connectivity index (χ2v) is 6.64. The fourth-order valence-corrected chi connectivity index (χ4v) is 2.62. The van der Waals surface area contributed by atoms with Crippen LogP contribution in [0, 0.1) is 11.2 Å². The molecule has 1 aromatic rings. The Morgan fingerprint density at radius 1 is 1.37 bits per heavy atom. The quantitative estimate of drug-likeness (QED) is 0.727. The van der Waals surface area contributed by atoms with Crippen LogP contribution in [0.5, 0.6) is 0 Å². The average Bonchev–Trinajstić information content (AvgIpc) is 3.07. The first-order chi connectivity index (χ1) is 8.86. The fraction of sp³-hybridized carbons (Fsp3) is 0.500. The van der Waals surface area contributed by atoms with Crippen molar-refractivity contribution in [3.05, 3.63) is 24.0 Å². The first-order valence-corrected chi connectivity index (χ1v) is 7.67. The maximum absolute atomic E-state index is 13.8. The summed E-state index contributed by atoms with van der Waals surface area (Å²) >= 11 is 0. The summed E-state index contributed by atoms with van der Waals surface area (Å²) in [6.07, 6.45) is 3.10. The maximum Gasteiger partial charge on any atom is 0.238 e. The Morgan fingerprint density at radius 3 is 2.53 bits per heavy atom. The van der Waals surface area contributed by atoms with Crippen LogP contribution >= 0.6 is 0 Å². The molecular formula is C12H18FN3O2S. The number of hydrogen-bond acceptors (Lipinski definition) is 4. The van der Waals surface area contributed by atoms with Crippen molar-refractivity contribution in [3.63, 3.8) is 0 Å². The zero-order valence-electron chi connectivity index (χ0n) is 10.5. The largest absolute Gasteiger partial charge is 0.382 e. The summed E-state index contributed by atoms with van der Waals surface area (Å²) in [7, 11) is -3.87. The number of halogens is 1. The monoisotopic (exact) mass is 287 g/mol. The van der Waals surface area contributed by atoms with Crippen molar-refractivity contribution in [1.29, 1.82) is 0 Å². The Balaban J connectivity index is 2.06. The van der Waals surface area contributed by atoms with E-state index in [0.717, 1.165) is 25.3 Å². The number of benzene rings is 1. The minimum atomic E-state index is -3.87. The van der Waals surface area contributed by atoms with Crippen molar-refractivity contribution in [3.8, 4) is 0 Å². The Bertz CT molecular complexity index is 570. The second-order valence-electron chi connectivity index (χ2n) is 5.08. The molecule has 5 nitrogen and oxygen atoms in total. The lowest BCUT2D eigenvalue weighted by Gasteiger charge is -2.16. The van der Waals surface area contributed by atoms with E-state index in [9.17, 15) is 12.8 Å². The van der Waals surface area contributed by atoms with E-state index in [2.05, 4.69) is 5.32 Å². The van der Waals surface area contributed by atoms with E-state index in [-0.39, 0.29) is 16.0 Å². The summed E-state index contributed by atoms with van der Waals surface area (Å²) in [5, 5.41) is 7.95. The molecule has 1 aromatic carbocycles. The van der Waals surface area contributed by atoms with E-state index in [1.807, 2.05) is 0 Å². The first kappa shape index (κ1) is 14.2. The van der Waals surface area contributed by atoms with Crippen LogP contribution in [0.3, 0.4) is 0 Å². The summed E-state index contributed by atoms with van der Waals surface area (Å²) in [5.74, 6) is -0.616. The van der Waals surface area contributed by atoms with Gasteiger partial charge in [0.1, 0.15) is 5.82 Å². The van der Waals surface area contributed by atoms with Gasteiger partial charge in [0.2, 0.25) is 10.0 Å². The van der Waals surface area contributed by atoms with Gasteiger partial charge in [0, 0.05) is 6.54 Å². The van der Waals surface area contributed by atoms with Gasteiger partial charge < -0.3 is 11.1 Å². The Kier molecular flexibility index (Phi) is 3.80.